The second kappa shape index (κ2) is 6.83. The number of hydrogen-bond acceptors (Lipinski definition) is 5. The van der Waals surface area contributed by atoms with Crippen LogP contribution in [0, 0.1) is 0 Å². The number of aliphatic hydroxyl groups excluding tert-OH is 2. The van der Waals surface area contributed by atoms with Crippen molar-refractivity contribution in [1.29, 1.82) is 0 Å². The van der Waals surface area contributed by atoms with Gasteiger partial charge in [-0.2, -0.15) is 0 Å². The maximum Gasteiger partial charge on any atom is 0.276 e. The van der Waals surface area contributed by atoms with Gasteiger partial charge in [-0.15, -0.1) is 0 Å². The molecule has 0 radical (unpaired) electrons. The third-order valence-corrected chi connectivity index (χ3v) is 2.81. The summed E-state index contributed by atoms with van der Waals surface area (Å²) >= 11 is 0. The van der Waals surface area contributed by atoms with E-state index in [2.05, 4.69) is 5.16 Å². The minimum Gasteiger partial charge on any atom is -0.395 e. The SMILES string of the molecule is O=C(c1cc(-c2ccccc2)on1)N(CCO)CCO. The quantitative estimate of drug-likeness (QED) is 0.813. The van der Waals surface area contributed by atoms with Crippen molar-refractivity contribution < 1.29 is 19.5 Å². The second-order valence-electron chi connectivity index (χ2n) is 4.18. The van der Waals surface area contributed by atoms with E-state index >= 15 is 0 Å². The van der Waals surface area contributed by atoms with Crippen molar-refractivity contribution in [3.63, 3.8) is 0 Å². The molecule has 0 aliphatic rings. The normalized spacial score (nSPS) is 10.5. The number of rotatable bonds is 6. The van der Waals surface area contributed by atoms with E-state index in [1.807, 2.05) is 30.3 Å². The van der Waals surface area contributed by atoms with Crippen LogP contribution in [0.1, 0.15) is 10.5 Å². The lowest BCUT2D eigenvalue weighted by atomic mass is 10.1. The smallest absolute Gasteiger partial charge is 0.276 e. The Bertz CT molecular complexity index is 547. The highest BCUT2D eigenvalue weighted by Crippen LogP contribution is 2.20. The first-order valence-electron chi connectivity index (χ1n) is 6.29. The van der Waals surface area contributed by atoms with Gasteiger partial charge in [-0.3, -0.25) is 4.79 Å². The molecule has 0 unspecified atom stereocenters. The van der Waals surface area contributed by atoms with Gasteiger partial charge in [0.05, 0.1) is 13.2 Å². The minimum absolute atomic E-state index is 0.146. The molecule has 0 aliphatic carbocycles. The fraction of sp³-hybridized carbons (Fsp3) is 0.286. The molecular weight excluding hydrogens is 260 g/mol. The molecule has 2 aromatic rings. The Hall–Kier alpha value is -2.18. The van der Waals surface area contributed by atoms with Gasteiger partial charge in [0.15, 0.2) is 11.5 Å². The highest BCUT2D eigenvalue weighted by Gasteiger charge is 2.19. The first-order valence-corrected chi connectivity index (χ1v) is 6.29. The van der Waals surface area contributed by atoms with Crippen molar-refractivity contribution in [2.45, 2.75) is 0 Å². The van der Waals surface area contributed by atoms with Crippen LogP contribution in [0.5, 0.6) is 0 Å². The summed E-state index contributed by atoms with van der Waals surface area (Å²) in [5.74, 6) is 0.126. The van der Waals surface area contributed by atoms with Crippen molar-refractivity contribution in [2.75, 3.05) is 26.3 Å². The van der Waals surface area contributed by atoms with Gasteiger partial charge < -0.3 is 19.6 Å². The van der Waals surface area contributed by atoms with Crippen LogP contribution in [0.3, 0.4) is 0 Å². The fourth-order valence-electron chi connectivity index (χ4n) is 1.83. The van der Waals surface area contributed by atoms with Crippen LogP contribution in [0.4, 0.5) is 0 Å². The van der Waals surface area contributed by atoms with Crippen LogP contribution in [0.15, 0.2) is 40.9 Å². The van der Waals surface area contributed by atoms with E-state index in [4.69, 9.17) is 14.7 Å². The van der Waals surface area contributed by atoms with Crippen LogP contribution in [-0.2, 0) is 0 Å². The number of aromatic nitrogens is 1. The number of amides is 1. The molecule has 0 atom stereocenters. The molecule has 2 rings (SSSR count). The van der Waals surface area contributed by atoms with Crippen LogP contribution < -0.4 is 0 Å². The molecule has 0 saturated carbocycles. The van der Waals surface area contributed by atoms with Gasteiger partial charge in [-0.25, -0.2) is 0 Å². The van der Waals surface area contributed by atoms with Gasteiger partial charge in [0, 0.05) is 24.7 Å². The summed E-state index contributed by atoms with van der Waals surface area (Å²) in [4.78, 5) is 13.5. The Morgan fingerprint density at radius 2 is 1.80 bits per heavy atom. The van der Waals surface area contributed by atoms with Crippen molar-refractivity contribution in [3.05, 3.63) is 42.1 Å². The average molecular weight is 276 g/mol. The molecule has 1 amide bonds. The molecule has 1 aromatic carbocycles. The van der Waals surface area contributed by atoms with E-state index in [1.54, 1.807) is 6.07 Å². The standard InChI is InChI=1S/C14H16N2O4/c17-8-6-16(7-9-18)14(19)12-10-13(20-15-12)11-4-2-1-3-5-11/h1-5,10,17-18H,6-9H2. The molecular formula is C14H16N2O4. The molecule has 1 aromatic heterocycles. The van der Waals surface area contributed by atoms with E-state index in [0.29, 0.717) is 5.76 Å². The van der Waals surface area contributed by atoms with Gasteiger partial charge in [0.25, 0.3) is 5.91 Å². The van der Waals surface area contributed by atoms with Crippen LogP contribution in [0.25, 0.3) is 11.3 Å². The van der Waals surface area contributed by atoms with Crippen LogP contribution >= 0.6 is 0 Å². The predicted molar refractivity (Wildman–Crippen MR) is 72.0 cm³/mol. The van der Waals surface area contributed by atoms with Gasteiger partial charge >= 0.3 is 0 Å². The zero-order valence-electron chi connectivity index (χ0n) is 10.9. The molecule has 106 valence electrons. The molecule has 0 aliphatic heterocycles. The van der Waals surface area contributed by atoms with E-state index < -0.39 is 0 Å². The Labute approximate surface area is 116 Å². The number of hydrogen-bond donors (Lipinski definition) is 2. The van der Waals surface area contributed by atoms with E-state index in [1.165, 1.54) is 4.90 Å². The molecule has 0 fully saturated rings. The Morgan fingerprint density at radius 3 is 2.40 bits per heavy atom. The Morgan fingerprint density at radius 1 is 1.15 bits per heavy atom. The summed E-state index contributed by atoms with van der Waals surface area (Å²) < 4.78 is 5.16. The molecule has 0 bridgehead atoms. The third-order valence-electron chi connectivity index (χ3n) is 2.81. The van der Waals surface area contributed by atoms with Crippen molar-refractivity contribution in [1.82, 2.24) is 10.1 Å². The van der Waals surface area contributed by atoms with E-state index in [-0.39, 0.29) is 37.9 Å². The Kier molecular flexibility index (Phi) is 4.86. The minimum atomic E-state index is -0.376. The lowest BCUT2D eigenvalue weighted by Gasteiger charge is -2.18. The molecule has 20 heavy (non-hydrogen) atoms. The van der Waals surface area contributed by atoms with E-state index in [0.717, 1.165) is 5.56 Å². The largest absolute Gasteiger partial charge is 0.395 e. The van der Waals surface area contributed by atoms with Crippen molar-refractivity contribution in [2.24, 2.45) is 0 Å². The number of nitrogens with zero attached hydrogens (tertiary/aromatic N) is 2. The number of aliphatic hydroxyl groups is 2. The summed E-state index contributed by atoms with van der Waals surface area (Å²) in [6, 6.07) is 10.9. The topological polar surface area (TPSA) is 86.8 Å². The van der Waals surface area contributed by atoms with Crippen molar-refractivity contribution in [3.8, 4) is 11.3 Å². The number of benzene rings is 1. The maximum atomic E-state index is 12.2. The monoisotopic (exact) mass is 276 g/mol. The molecule has 2 N–H and O–H groups in total. The van der Waals surface area contributed by atoms with Crippen LogP contribution in [0.2, 0.25) is 0 Å². The van der Waals surface area contributed by atoms with Gasteiger partial charge in [0.1, 0.15) is 0 Å². The summed E-state index contributed by atoms with van der Waals surface area (Å²) in [6.45, 7) is -0.0515. The van der Waals surface area contributed by atoms with Gasteiger partial charge in [-0.05, 0) is 0 Å². The Balaban J connectivity index is 2.17. The lowest BCUT2D eigenvalue weighted by Crippen LogP contribution is -2.36. The number of carbonyl (C=O) groups excluding carboxylic acids is 1. The maximum absolute atomic E-state index is 12.2. The first kappa shape index (κ1) is 14.2. The molecule has 6 heteroatoms. The van der Waals surface area contributed by atoms with E-state index in [9.17, 15) is 4.79 Å². The highest BCUT2D eigenvalue weighted by atomic mass is 16.5. The summed E-state index contributed by atoms with van der Waals surface area (Å²) in [5.41, 5.74) is 0.987. The summed E-state index contributed by atoms with van der Waals surface area (Å²) in [6.07, 6.45) is 0. The zero-order valence-corrected chi connectivity index (χ0v) is 10.9. The molecule has 6 nitrogen and oxygen atoms in total. The van der Waals surface area contributed by atoms with Crippen LogP contribution in [-0.4, -0.2) is 52.5 Å². The molecule has 0 spiro atoms. The summed E-state index contributed by atoms with van der Waals surface area (Å²) in [5, 5.41) is 21.6. The fourth-order valence-corrected chi connectivity index (χ4v) is 1.83. The zero-order chi connectivity index (χ0) is 14.4. The third kappa shape index (κ3) is 3.23. The molecule has 1 heterocycles. The lowest BCUT2D eigenvalue weighted by molar-refractivity contribution is 0.0674. The molecule has 0 saturated heterocycles. The van der Waals surface area contributed by atoms with Gasteiger partial charge in [0.2, 0.25) is 0 Å². The average Bonchev–Trinajstić information content (AvgIpc) is 2.97. The second-order valence-corrected chi connectivity index (χ2v) is 4.18. The van der Waals surface area contributed by atoms with Gasteiger partial charge in [-0.1, -0.05) is 35.5 Å². The summed E-state index contributed by atoms with van der Waals surface area (Å²) in [7, 11) is 0. The number of carbonyl (C=O) groups is 1. The first-order chi connectivity index (χ1) is 9.76. The highest BCUT2D eigenvalue weighted by molar-refractivity contribution is 5.93. The van der Waals surface area contributed by atoms with Crippen molar-refractivity contribution >= 4 is 5.91 Å². The predicted octanol–water partition coefficient (Wildman–Crippen LogP) is 0.768.